The lowest BCUT2D eigenvalue weighted by atomic mass is 9.91. The lowest BCUT2D eigenvalue weighted by Gasteiger charge is -2.30. The molecule has 0 radical (unpaired) electrons. The second-order valence-corrected chi connectivity index (χ2v) is 6.33. The van der Waals surface area contributed by atoms with Crippen LogP contribution in [0.2, 0.25) is 0 Å². The number of hydrogen-bond acceptors (Lipinski definition) is 2. The number of hydrogen-bond donors (Lipinski definition) is 1. The molecule has 0 aromatic carbocycles. The third kappa shape index (κ3) is 4.07. The molecular weight excluding hydrogens is 319 g/mol. The highest BCUT2D eigenvalue weighted by atomic mass is 19.4. The van der Waals surface area contributed by atoms with Gasteiger partial charge in [-0.2, -0.15) is 13.2 Å². The summed E-state index contributed by atoms with van der Waals surface area (Å²) in [5, 5.41) is 3.83. The first kappa shape index (κ1) is 16.8. The lowest BCUT2D eigenvalue weighted by molar-refractivity contribution is -0.144. The Kier molecular flexibility index (Phi) is 4.78. The first-order valence-electron chi connectivity index (χ1n) is 8.20. The molecule has 7 heteroatoms. The van der Waals surface area contributed by atoms with Crippen LogP contribution in [0.4, 0.5) is 13.2 Å². The average Bonchev–Trinajstić information content (AvgIpc) is 2.97. The molecule has 24 heavy (non-hydrogen) atoms. The van der Waals surface area contributed by atoms with E-state index >= 15 is 0 Å². The fraction of sp³-hybridized carbons (Fsp3) is 0.529. The van der Waals surface area contributed by atoms with Crippen LogP contribution >= 0.6 is 0 Å². The van der Waals surface area contributed by atoms with E-state index in [9.17, 15) is 18.0 Å². The van der Waals surface area contributed by atoms with Gasteiger partial charge >= 0.3 is 6.18 Å². The van der Waals surface area contributed by atoms with Crippen molar-refractivity contribution in [3.05, 3.63) is 30.6 Å². The highest BCUT2D eigenvalue weighted by Crippen LogP contribution is 2.31. The molecular formula is C17H20F3N3O. The Balaban J connectivity index is 1.52. The molecule has 2 aromatic rings. The summed E-state index contributed by atoms with van der Waals surface area (Å²) in [4.78, 5) is 16.0. The van der Waals surface area contributed by atoms with Crippen LogP contribution in [0.5, 0.6) is 0 Å². The summed E-state index contributed by atoms with van der Waals surface area (Å²) >= 11 is 0. The SMILES string of the molecule is O=C(CCC(F)(F)F)NC1CCC(n2ccc3cccnc32)CC1. The molecule has 4 nitrogen and oxygen atoms in total. The first-order valence-corrected chi connectivity index (χ1v) is 8.20. The van der Waals surface area contributed by atoms with Gasteiger partial charge in [-0.3, -0.25) is 4.79 Å². The normalized spacial score (nSPS) is 21.8. The molecule has 1 N–H and O–H groups in total. The van der Waals surface area contributed by atoms with Crippen LogP contribution < -0.4 is 5.32 Å². The molecule has 1 aliphatic rings. The highest BCUT2D eigenvalue weighted by molar-refractivity contribution is 5.76. The summed E-state index contributed by atoms with van der Waals surface area (Å²) < 4.78 is 38.6. The molecule has 0 spiro atoms. The van der Waals surface area contributed by atoms with Crippen LogP contribution in [0.1, 0.15) is 44.6 Å². The van der Waals surface area contributed by atoms with Gasteiger partial charge in [0.2, 0.25) is 5.91 Å². The summed E-state index contributed by atoms with van der Waals surface area (Å²) in [7, 11) is 0. The van der Waals surface area contributed by atoms with Gasteiger partial charge in [-0.25, -0.2) is 4.98 Å². The van der Waals surface area contributed by atoms with Crippen molar-refractivity contribution in [3.8, 4) is 0 Å². The predicted octanol–water partition coefficient (Wildman–Crippen LogP) is 3.98. The molecule has 0 saturated heterocycles. The molecule has 2 heterocycles. The number of pyridine rings is 1. The number of rotatable bonds is 4. The van der Waals surface area contributed by atoms with Gasteiger partial charge < -0.3 is 9.88 Å². The van der Waals surface area contributed by atoms with Crippen LogP contribution in [0.15, 0.2) is 30.6 Å². The Bertz CT molecular complexity index is 702. The van der Waals surface area contributed by atoms with E-state index in [1.54, 1.807) is 6.20 Å². The molecule has 0 atom stereocenters. The third-order valence-corrected chi connectivity index (χ3v) is 4.57. The minimum absolute atomic E-state index is 0.0308. The second kappa shape index (κ2) is 6.83. The van der Waals surface area contributed by atoms with E-state index in [0.717, 1.165) is 36.7 Å². The van der Waals surface area contributed by atoms with Crippen LogP contribution in [0.25, 0.3) is 11.0 Å². The molecule has 1 aliphatic carbocycles. The van der Waals surface area contributed by atoms with Gasteiger partial charge in [0.05, 0.1) is 6.42 Å². The number of carbonyl (C=O) groups is 1. The van der Waals surface area contributed by atoms with Gasteiger partial charge in [-0.05, 0) is 43.9 Å². The van der Waals surface area contributed by atoms with Crippen molar-refractivity contribution in [2.45, 2.75) is 56.8 Å². The molecule has 3 rings (SSSR count). The van der Waals surface area contributed by atoms with E-state index in [1.807, 2.05) is 24.4 Å². The van der Waals surface area contributed by atoms with Crippen LogP contribution in [-0.4, -0.2) is 27.7 Å². The monoisotopic (exact) mass is 339 g/mol. The van der Waals surface area contributed by atoms with Crippen molar-refractivity contribution in [3.63, 3.8) is 0 Å². The molecule has 0 bridgehead atoms. The van der Waals surface area contributed by atoms with Crippen molar-refractivity contribution >= 4 is 16.9 Å². The van der Waals surface area contributed by atoms with Gasteiger partial charge in [0.1, 0.15) is 5.65 Å². The van der Waals surface area contributed by atoms with Crippen molar-refractivity contribution < 1.29 is 18.0 Å². The Hall–Kier alpha value is -2.05. The number of amides is 1. The molecule has 2 aromatic heterocycles. The summed E-state index contributed by atoms with van der Waals surface area (Å²) in [6.45, 7) is 0. The number of nitrogens with one attached hydrogen (secondary N) is 1. The summed E-state index contributed by atoms with van der Waals surface area (Å²) in [6, 6.07) is 6.25. The molecule has 0 aliphatic heterocycles. The van der Waals surface area contributed by atoms with Crippen molar-refractivity contribution in [1.82, 2.24) is 14.9 Å². The zero-order valence-electron chi connectivity index (χ0n) is 13.2. The van der Waals surface area contributed by atoms with Gasteiger partial charge in [-0.15, -0.1) is 0 Å². The minimum Gasteiger partial charge on any atom is -0.353 e. The number of carbonyl (C=O) groups excluding carboxylic acids is 1. The second-order valence-electron chi connectivity index (χ2n) is 6.33. The standard InChI is InChI=1S/C17H20F3N3O/c18-17(19,20)9-7-15(24)22-13-3-5-14(6-4-13)23-11-8-12-2-1-10-21-16(12)23/h1-2,8,10-11,13-14H,3-7,9H2,(H,22,24). The van der Waals surface area contributed by atoms with Crippen LogP contribution in [0.3, 0.4) is 0 Å². The molecule has 1 amide bonds. The molecule has 1 saturated carbocycles. The summed E-state index contributed by atoms with van der Waals surface area (Å²) in [5.74, 6) is -0.510. The van der Waals surface area contributed by atoms with E-state index in [4.69, 9.17) is 0 Å². The number of fused-ring (bicyclic) bond motifs is 1. The van der Waals surface area contributed by atoms with E-state index in [1.165, 1.54) is 0 Å². The Morgan fingerprint density at radius 3 is 2.71 bits per heavy atom. The Morgan fingerprint density at radius 2 is 2.00 bits per heavy atom. The van der Waals surface area contributed by atoms with Crippen molar-refractivity contribution in [1.29, 1.82) is 0 Å². The maximum atomic E-state index is 12.1. The third-order valence-electron chi connectivity index (χ3n) is 4.57. The molecule has 130 valence electrons. The minimum atomic E-state index is -4.28. The van der Waals surface area contributed by atoms with Crippen LogP contribution in [0, 0.1) is 0 Å². The quantitative estimate of drug-likeness (QED) is 0.916. The van der Waals surface area contributed by atoms with Gasteiger partial charge in [0, 0.05) is 36.3 Å². The summed E-state index contributed by atoms with van der Waals surface area (Å²) in [6.07, 6.45) is 1.27. The largest absolute Gasteiger partial charge is 0.389 e. The first-order chi connectivity index (χ1) is 11.4. The van der Waals surface area contributed by atoms with Crippen molar-refractivity contribution in [2.24, 2.45) is 0 Å². The van der Waals surface area contributed by atoms with E-state index < -0.39 is 24.9 Å². The Morgan fingerprint density at radius 1 is 1.25 bits per heavy atom. The van der Waals surface area contributed by atoms with Gasteiger partial charge in [-0.1, -0.05) is 0 Å². The smallest absolute Gasteiger partial charge is 0.353 e. The average molecular weight is 339 g/mol. The number of alkyl halides is 3. The maximum absolute atomic E-state index is 12.1. The number of halogens is 3. The topological polar surface area (TPSA) is 46.9 Å². The molecule has 1 fully saturated rings. The maximum Gasteiger partial charge on any atom is 0.389 e. The lowest BCUT2D eigenvalue weighted by Crippen LogP contribution is -2.38. The Labute approximate surface area is 138 Å². The summed E-state index contributed by atoms with van der Waals surface area (Å²) in [5.41, 5.74) is 0.954. The zero-order valence-corrected chi connectivity index (χ0v) is 13.2. The fourth-order valence-corrected chi connectivity index (χ4v) is 3.33. The van der Waals surface area contributed by atoms with Gasteiger partial charge in [0.15, 0.2) is 0 Å². The predicted molar refractivity (Wildman–Crippen MR) is 84.5 cm³/mol. The number of aromatic nitrogens is 2. The fourth-order valence-electron chi connectivity index (χ4n) is 3.33. The van der Waals surface area contributed by atoms with Crippen molar-refractivity contribution in [2.75, 3.05) is 0 Å². The van der Waals surface area contributed by atoms with Gasteiger partial charge in [0.25, 0.3) is 0 Å². The highest BCUT2D eigenvalue weighted by Gasteiger charge is 2.29. The van der Waals surface area contributed by atoms with Crippen LogP contribution in [-0.2, 0) is 4.79 Å². The van der Waals surface area contributed by atoms with E-state index in [0.29, 0.717) is 6.04 Å². The molecule has 0 unspecified atom stereocenters. The van der Waals surface area contributed by atoms with E-state index in [-0.39, 0.29) is 6.04 Å². The zero-order chi connectivity index (χ0) is 17.2. The van der Waals surface area contributed by atoms with E-state index in [2.05, 4.69) is 14.9 Å². The number of nitrogens with zero attached hydrogens (tertiary/aromatic N) is 2.